The molecule has 116 valence electrons. The number of aryl methyl sites for hydroxylation is 1. The zero-order valence-electron chi connectivity index (χ0n) is 12.5. The van der Waals surface area contributed by atoms with Gasteiger partial charge >= 0.3 is 0 Å². The summed E-state index contributed by atoms with van der Waals surface area (Å²) < 4.78 is 0. The lowest BCUT2D eigenvalue weighted by atomic mass is 10.1. The maximum Gasteiger partial charge on any atom is 0.251 e. The summed E-state index contributed by atoms with van der Waals surface area (Å²) in [5.41, 5.74) is 6.65. The van der Waals surface area contributed by atoms with Crippen molar-refractivity contribution in [1.82, 2.24) is 5.32 Å². The molecule has 1 aromatic rings. The van der Waals surface area contributed by atoms with Gasteiger partial charge < -0.3 is 16.4 Å². The number of unbranched alkanes of at least 4 members (excludes halogenated alkanes) is 2. The summed E-state index contributed by atoms with van der Waals surface area (Å²) in [4.78, 5) is 24.2. The van der Waals surface area contributed by atoms with Crippen LogP contribution in [0.5, 0.6) is 0 Å². The van der Waals surface area contributed by atoms with E-state index >= 15 is 0 Å². The number of hydrogen-bond acceptors (Lipinski definition) is 4. The molecule has 0 unspecified atom stereocenters. The number of amides is 2. The first-order valence-corrected chi connectivity index (χ1v) is 8.09. The van der Waals surface area contributed by atoms with Crippen LogP contribution in [-0.4, -0.2) is 16.9 Å². The summed E-state index contributed by atoms with van der Waals surface area (Å²) in [6, 6.07) is 0. The van der Waals surface area contributed by atoms with E-state index < -0.39 is 5.91 Å². The third-order valence-electron chi connectivity index (χ3n) is 3.12. The second kappa shape index (κ2) is 8.09. The van der Waals surface area contributed by atoms with Gasteiger partial charge in [-0.1, -0.05) is 19.8 Å². The van der Waals surface area contributed by atoms with Crippen molar-refractivity contribution in [2.45, 2.75) is 46.5 Å². The number of nitrogens with two attached hydrogens (primary N) is 1. The molecular weight excluding hydrogens is 306 g/mol. The van der Waals surface area contributed by atoms with Crippen LogP contribution in [0.25, 0.3) is 0 Å². The fourth-order valence-corrected chi connectivity index (χ4v) is 3.22. The van der Waals surface area contributed by atoms with Crippen LogP contribution < -0.4 is 16.4 Å². The number of rotatable bonds is 6. The molecule has 0 aromatic carbocycles. The van der Waals surface area contributed by atoms with Crippen molar-refractivity contribution in [2.24, 2.45) is 5.73 Å². The summed E-state index contributed by atoms with van der Waals surface area (Å²) in [7, 11) is 0. The van der Waals surface area contributed by atoms with Gasteiger partial charge in [-0.3, -0.25) is 9.59 Å². The molecule has 1 rings (SSSR count). The third kappa shape index (κ3) is 5.09. The average molecular weight is 327 g/mol. The minimum absolute atomic E-state index is 0.119. The Hall–Kier alpha value is -1.47. The monoisotopic (exact) mass is 327 g/mol. The van der Waals surface area contributed by atoms with Crippen molar-refractivity contribution >= 4 is 45.5 Å². The van der Waals surface area contributed by atoms with Crippen LogP contribution in [0.15, 0.2) is 0 Å². The molecule has 0 saturated carbocycles. The van der Waals surface area contributed by atoms with Gasteiger partial charge in [-0.15, -0.1) is 11.3 Å². The van der Waals surface area contributed by atoms with Crippen molar-refractivity contribution in [1.29, 1.82) is 0 Å². The van der Waals surface area contributed by atoms with E-state index in [1.54, 1.807) is 0 Å². The van der Waals surface area contributed by atoms with Crippen molar-refractivity contribution in [3.63, 3.8) is 0 Å². The van der Waals surface area contributed by atoms with Crippen LogP contribution in [0.1, 0.15) is 53.4 Å². The van der Waals surface area contributed by atoms with Crippen LogP contribution in [0, 0.1) is 13.8 Å². The Balaban J connectivity index is 2.65. The maximum atomic E-state index is 11.7. The number of hydrogen-bond donors (Lipinski definition) is 3. The van der Waals surface area contributed by atoms with Gasteiger partial charge in [0.05, 0.1) is 5.56 Å². The first-order valence-electron chi connectivity index (χ1n) is 6.87. The highest BCUT2D eigenvalue weighted by atomic mass is 32.1. The molecule has 0 aliphatic rings. The molecule has 7 heteroatoms. The molecular formula is C14H21N3O2S2. The van der Waals surface area contributed by atoms with E-state index in [2.05, 4.69) is 17.6 Å². The Bertz CT molecular complexity index is 553. The van der Waals surface area contributed by atoms with E-state index in [1.165, 1.54) is 11.3 Å². The summed E-state index contributed by atoms with van der Waals surface area (Å²) in [6.07, 6.45) is 3.37. The number of primary amides is 1. The normalized spacial score (nSPS) is 10.2. The highest BCUT2D eigenvalue weighted by Gasteiger charge is 2.18. The summed E-state index contributed by atoms with van der Waals surface area (Å²) in [5.74, 6) is -0.622. The van der Waals surface area contributed by atoms with Crippen molar-refractivity contribution < 1.29 is 9.59 Å². The highest BCUT2D eigenvalue weighted by molar-refractivity contribution is 7.80. The Morgan fingerprint density at radius 3 is 2.52 bits per heavy atom. The smallest absolute Gasteiger partial charge is 0.251 e. The number of nitrogens with one attached hydrogen (secondary N) is 2. The second-order valence-electron chi connectivity index (χ2n) is 4.81. The van der Waals surface area contributed by atoms with Gasteiger partial charge in [-0.05, 0) is 38.0 Å². The minimum atomic E-state index is -0.503. The van der Waals surface area contributed by atoms with E-state index in [9.17, 15) is 9.59 Å². The molecule has 0 aliphatic heterocycles. The second-order valence-corrected chi connectivity index (χ2v) is 6.44. The molecule has 0 fully saturated rings. The Morgan fingerprint density at radius 1 is 1.29 bits per heavy atom. The van der Waals surface area contributed by atoms with Crippen molar-refractivity contribution in [3.05, 3.63) is 16.0 Å². The van der Waals surface area contributed by atoms with E-state index in [4.69, 9.17) is 18.0 Å². The standard InChI is InChI=1S/C14H21N3O2S2/c1-4-5-6-7-10(18)16-14(20)17-13-11(12(15)19)8(2)9(3)21-13/h4-7H2,1-3H3,(H2,15,19)(H2,16,17,18,20). The fourth-order valence-electron chi connectivity index (χ4n) is 1.87. The third-order valence-corrected chi connectivity index (χ3v) is 4.45. The van der Waals surface area contributed by atoms with Gasteiger partial charge in [0.2, 0.25) is 5.91 Å². The first kappa shape index (κ1) is 17.6. The number of thiophene rings is 1. The summed E-state index contributed by atoms with van der Waals surface area (Å²) in [6.45, 7) is 5.82. The van der Waals surface area contributed by atoms with Gasteiger partial charge in [0.1, 0.15) is 5.00 Å². The lowest BCUT2D eigenvalue weighted by Gasteiger charge is -2.09. The number of anilines is 1. The molecule has 1 aromatic heterocycles. The molecule has 0 atom stereocenters. The molecule has 2 amide bonds. The lowest BCUT2D eigenvalue weighted by Crippen LogP contribution is -2.34. The zero-order valence-corrected chi connectivity index (χ0v) is 14.2. The molecule has 0 bridgehead atoms. The van der Waals surface area contributed by atoms with E-state index in [-0.39, 0.29) is 11.0 Å². The molecule has 0 saturated heterocycles. The summed E-state index contributed by atoms with van der Waals surface area (Å²) >= 11 is 6.50. The Kier molecular flexibility index (Phi) is 6.77. The number of carbonyl (C=O) groups excluding carboxylic acids is 2. The molecule has 21 heavy (non-hydrogen) atoms. The number of thiocarbonyl (C=S) groups is 1. The predicted octanol–water partition coefficient (Wildman–Crippen LogP) is 2.86. The van der Waals surface area contributed by atoms with Crippen LogP contribution in [0.2, 0.25) is 0 Å². The summed E-state index contributed by atoms with van der Waals surface area (Å²) in [5, 5.41) is 6.28. The molecule has 0 aliphatic carbocycles. The Labute approximate surface area is 134 Å². The average Bonchev–Trinajstić information content (AvgIpc) is 2.64. The predicted molar refractivity (Wildman–Crippen MR) is 90.8 cm³/mol. The molecule has 5 nitrogen and oxygen atoms in total. The molecule has 4 N–H and O–H groups in total. The van der Waals surface area contributed by atoms with Crippen molar-refractivity contribution in [2.75, 3.05) is 5.32 Å². The van der Waals surface area contributed by atoms with Gasteiger partial charge in [-0.2, -0.15) is 0 Å². The van der Waals surface area contributed by atoms with Crippen LogP contribution in [0.4, 0.5) is 5.00 Å². The lowest BCUT2D eigenvalue weighted by molar-refractivity contribution is -0.119. The highest BCUT2D eigenvalue weighted by Crippen LogP contribution is 2.31. The van der Waals surface area contributed by atoms with Crippen LogP contribution in [0.3, 0.4) is 0 Å². The first-order chi connectivity index (χ1) is 9.86. The largest absolute Gasteiger partial charge is 0.365 e. The fraction of sp³-hybridized carbons (Fsp3) is 0.500. The number of carbonyl (C=O) groups is 2. The van der Waals surface area contributed by atoms with Crippen LogP contribution in [-0.2, 0) is 4.79 Å². The molecule has 1 heterocycles. The Morgan fingerprint density at radius 2 is 1.95 bits per heavy atom. The SMILES string of the molecule is CCCCCC(=O)NC(=S)Nc1sc(C)c(C)c1C(N)=O. The zero-order chi connectivity index (χ0) is 16.0. The quantitative estimate of drug-likeness (QED) is 0.554. The molecule has 0 spiro atoms. The van der Waals surface area contributed by atoms with Gasteiger partial charge in [0.25, 0.3) is 5.91 Å². The van der Waals surface area contributed by atoms with E-state index in [0.29, 0.717) is 17.0 Å². The van der Waals surface area contributed by atoms with Crippen molar-refractivity contribution in [3.8, 4) is 0 Å². The van der Waals surface area contributed by atoms with E-state index in [0.717, 1.165) is 29.7 Å². The van der Waals surface area contributed by atoms with Gasteiger partial charge in [0.15, 0.2) is 5.11 Å². The maximum absolute atomic E-state index is 11.7. The topological polar surface area (TPSA) is 84.2 Å². The van der Waals surface area contributed by atoms with Crippen LogP contribution >= 0.6 is 23.6 Å². The minimum Gasteiger partial charge on any atom is -0.365 e. The van der Waals surface area contributed by atoms with E-state index in [1.807, 2.05) is 13.8 Å². The van der Waals surface area contributed by atoms with Gasteiger partial charge in [-0.25, -0.2) is 0 Å². The molecule has 0 radical (unpaired) electrons. The van der Waals surface area contributed by atoms with Gasteiger partial charge in [0, 0.05) is 11.3 Å².